The molecule has 30 heavy (non-hydrogen) atoms. The van der Waals surface area contributed by atoms with E-state index < -0.39 is 0 Å². The van der Waals surface area contributed by atoms with Crippen molar-refractivity contribution in [3.63, 3.8) is 0 Å². The second kappa shape index (κ2) is 9.84. The van der Waals surface area contributed by atoms with Gasteiger partial charge in [0.2, 0.25) is 11.9 Å². The minimum atomic E-state index is 0.0732. The Labute approximate surface area is 178 Å². The zero-order chi connectivity index (χ0) is 20.8. The molecule has 160 valence electrons. The van der Waals surface area contributed by atoms with Crippen LogP contribution in [0.4, 0.5) is 11.8 Å². The van der Waals surface area contributed by atoms with Gasteiger partial charge in [-0.15, -0.1) is 0 Å². The fourth-order valence-electron chi connectivity index (χ4n) is 4.46. The van der Waals surface area contributed by atoms with Gasteiger partial charge in [0.15, 0.2) is 0 Å². The molecule has 4 rings (SSSR count). The topological polar surface area (TPSA) is 86.3 Å². The van der Waals surface area contributed by atoms with Gasteiger partial charge in [-0.3, -0.25) is 14.7 Å². The summed E-state index contributed by atoms with van der Waals surface area (Å²) in [4.78, 5) is 30.6. The molecule has 8 nitrogen and oxygen atoms in total. The van der Waals surface area contributed by atoms with Gasteiger partial charge < -0.3 is 15.5 Å². The third-order valence-corrected chi connectivity index (χ3v) is 6.18. The summed E-state index contributed by atoms with van der Waals surface area (Å²) in [5.41, 5.74) is 1.04. The first kappa shape index (κ1) is 20.5. The third-order valence-electron chi connectivity index (χ3n) is 6.18. The van der Waals surface area contributed by atoms with Crippen molar-refractivity contribution < 1.29 is 4.79 Å². The Balaban J connectivity index is 1.27. The number of rotatable bonds is 6. The Morgan fingerprint density at radius 3 is 2.80 bits per heavy atom. The maximum Gasteiger partial charge on any atom is 0.227 e. The monoisotopic (exact) mass is 409 g/mol. The van der Waals surface area contributed by atoms with Crippen LogP contribution in [0, 0.1) is 5.92 Å². The van der Waals surface area contributed by atoms with Crippen LogP contribution in [0.3, 0.4) is 0 Å². The Kier molecular flexibility index (Phi) is 6.74. The van der Waals surface area contributed by atoms with Crippen LogP contribution in [0.5, 0.6) is 0 Å². The summed E-state index contributed by atoms with van der Waals surface area (Å²) in [7, 11) is 1.87. The number of amides is 1. The average Bonchev–Trinajstić information content (AvgIpc) is 2.83. The van der Waals surface area contributed by atoms with Crippen molar-refractivity contribution in [1.29, 1.82) is 0 Å². The Morgan fingerprint density at radius 2 is 2.03 bits per heavy atom. The van der Waals surface area contributed by atoms with Gasteiger partial charge in [0.05, 0.1) is 5.92 Å². The van der Waals surface area contributed by atoms with Gasteiger partial charge in [0.25, 0.3) is 0 Å². The molecule has 0 aliphatic carbocycles. The molecule has 1 amide bonds. The highest BCUT2D eigenvalue weighted by Crippen LogP contribution is 2.25. The molecule has 8 heteroatoms. The van der Waals surface area contributed by atoms with Gasteiger partial charge in [-0.05, 0) is 49.9 Å². The van der Waals surface area contributed by atoms with Crippen LogP contribution < -0.4 is 15.5 Å². The molecule has 0 aromatic carbocycles. The van der Waals surface area contributed by atoms with Crippen LogP contribution in [-0.2, 0) is 11.3 Å². The van der Waals surface area contributed by atoms with Gasteiger partial charge in [-0.25, -0.2) is 4.98 Å². The van der Waals surface area contributed by atoms with Gasteiger partial charge >= 0.3 is 0 Å². The van der Waals surface area contributed by atoms with E-state index in [1.165, 1.54) is 0 Å². The quantitative estimate of drug-likeness (QED) is 0.754. The zero-order valence-electron chi connectivity index (χ0n) is 17.6. The first-order valence-electron chi connectivity index (χ1n) is 10.9. The summed E-state index contributed by atoms with van der Waals surface area (Å²) in [6.07, 6.45) is 9.57. The zero-order valence-corrected chi connectivity index (χ0v) is 17.6. The highest BCUT2D eigenvalue weighted by molar-refractivity contribution is 5.78. The van der Waals surface area contributed by atoms with E-state index in [0.29, 0.717) is 12.6 Å². The maximum absolute atomic E-state index is 12.7. The van der Waals surface area contributed by atoms with Crippen molar-refractivity contribution in [3.8, 4) is 0 Å². The maximum atomic E-state index is 12.7. The molecule has 0 unspecified atom stereocenters. The van der Waals surface area contributed by atoms with Crippen LogP contribution in [0.1, 0.15) is 31.2 Å². The first-order valence-corrected chi connectivity index (χ1v) is 10.9. The molecule has 2 aromatic rings. The molecule has 0 radical (unpaired) electrons. The lowest BCUT2D eigenvalue weighted by molar-refractivity contribution is -0.127. The number of hydrogen-bond acceptors (Lipinski definition) is 7. The van der Waals surface area contributed by atoms with E-state index in [2.05, 4.69) is 35.4 Å². The highest BCUT2D eigenvalue weighted by atomic mass is 16.1. The van der Waals surface area contributed by atoms with Crippen LogP contribution in [0.15, 0.2) is 36.8 Å². The minimum absolute atomic E-state index is 0.0732. The van der Waals surface area contributed by atoms with Crippen molar-refractivity contribution in [3.05, 3.63) is 42.4 Å². The largest absolute Gasteiger partial charge is 0.373 e. The number of carbonyl (C=O) groups excluding carboxylic acids is 1. The Hall–Kier alpha value is -2.74. The summed E-state index contributed by atoms with van der Waals surface area (Å²) < 4.78 is 0. The predicted octanol–water partition coefficient (Wildman–Crippen LogP) is 1.91. The van der Waals surface area contributed by atoms with Crippen molar-refractivity contribution in [2.45, 2.75) is 38.3 Å². The number of likely N-dealkylation sites (tertiary alicyclic amines) is 1. The van der Waals surface area contributed by atoms with E-state index in [1.54, 1.807) is 18.6 Å². The smallest absolute Gasteiger partial charge is 0.227 e. The van der Waals surface area contributed by atoms with Crippen molar-refractivity contribution in [1.82, 2.24) is 25.2 Å². The normalized spacial score (nSPS) is 20.7. The SMILES string of the molecule is CNc1ccnc(N2CCC(N3CCC[C@H](C(=O)NCc4cccnc4)C3)CC2)n1. The van der Waals surface area contributed by atoms with E-state index in [0.717, 1.165) is 69.2 Å². The van der Waals surface area contributed by atoms with E-state index >= 15 is 0 Å². The van der Waals surface area contributed by atoms with Crippen LogP contribution in [-0.4, -0.2) is 65.0 Å². The fraction of sp³-hybridized carbons (Fsp3) is 0.545. The average molecular weight is 410 g/mol. The van der Waals surface area contributed by atoms with Gasteiger partial charge in [0.1, 0.15) is 5.82 Å². The van der Waals surface area contributed by atoms with Crippen molar-refractivity contribution in [2.75, 3.05) is 43.4 Å². The minimum Gasteiger partial charge on any atom is -0.373 e. The fourth-order valence-corrected chi connectivity index (χ4v) is 4.46. The Bertz CT molecular complexity index is 823. The molecular formula is C22H31N7O. The molecule has 2 aromatic heterocycles. The van der Waals surface area contributed by atoms with Crippen molar-refractivity contribution in [2.24, 2.45) is 5.92 Å². The molecule has 2 fully saturated rings. The molecule has 0 spiro atoms. The summed E-state index contributed by atoms with van der Waals surface area (Å²) in [5.74, 6) is 1.88. The molecular weight excluding hydrogens is 378 g/mol. The molecule has 2 aliphatic rings. The number of hydrogen-bond donors (Lipinski definition) is 2. The lowest BCUT2D eigenvalue weighted by atomic mass is 9.93. The number of piperidine rings is 2. The van der Waals surface area contributed by atoms with E-state index in [1.807, 2.05) is 25.2 Å². The summed E-state index contributed by atoms with van der Waals surface area (Å²) in [5, 5.41) is 6.17. The number of pyridine rings is 1. The molecule has 0 bridgehead atoms. The van der Waals surface area contributed by atoms with E-state index in [4.69, 9.17) is 0 Å². The number of nitrogens with zero attached hydrogens (tertiary/aromatic N) is 5. The molecule has 1 atom stereocenters. The third kappa shape index (κ3) is 5.05. The summed E-state index contributed by atoms with van der Waals surface area (Å²) in [6.45, 7) is 4.39. The standard InChI is InChI=1S/C22H31N7O/c1-23-20-6-10-25-22(27-20)28-12-7-19(8-13-28)29-11-3-5-18(16-29)21(30)26-15-17-4-2-9-24-14-17/h2,4,6,9-10,14,18-19H,3,5,7-8,11-13,15-16H2,1H3,(H,26,30)(H,23,25,27)/t18-/m0/s1. The van der Waals surface area contributed by atoms with Crippen LogP contribution in [0.2, 0.25) is 0 Å². The molecule has 2 aliphatic heterocycles. The molecule has 0 saturated carbocycles. The molecule has 4 heterocycles. The second-order valence-corrected chi connectivity index (χ2v) is 8.12. The molecule has 2 saturated heterocycles. The number of carbonyl (C=O) groups is 1. The van der Waals surface area contributed by atoms with E-state index in [-0.39, 0.29) is 11.8 Å². The number of nitrogens with one attached hydrogen (secondary N) is 2. The van der Waals surface area contributed by atoms with Gasteiger partial charge in [-0.1, -0.05) is 6.07 Å². The molecule has 2 N–H and O–H groups in total. The first-order chi connectivity index (χ1) is 14.7. The van der Waals surface area contributed by atoms with Gasteiger partial charge in [0, 0.05) is 57.9 Å². The highest BCUT2D eigenvalue weighted by Gasteiger charge is 2.32. The lowest BCUT2D eigenvalue weighted by Gasteiger charge is -2.42. The van der Waals surface area contributed by atoms with E-state index in [9.17, 15) is 4.79 Å². The lowest BCUT2D eigenvalue weighted by Crippen LogP contribution is -2.51. The van der Waals surface area contributed by atoms with Crippen LogP contribution in [0.25, 0.3) is 0 Å². The second-order valence-electron chi connectivity index (χ2n) is 8.12. The predicted molar refractivity (Wildman–Crippen MR) is 117 cm³/mol. The number of anilines is 2. The summed E-state index contributed by atoms with van der Waals surface area (Å²) in [6, 6.07) is 6.30. The van der Waals surface area contributed by atoms with Gasteiger partial charge in [-0.2, -0.15) is 4.98 Å². The number of aromatic nitrogens is 3. The Morgan fingerprint density at radius 1 is 1.17 bits per heavy atom. The van der Waals surface area contributed by atoms with Crippen molar-refractivity contribution >= 4 is 17.7 Å². The van der Waals surface area contributed by atoms with Crippen LogP contribution >= 0.6 is 0 Å². The summed E-state index contributed by atoms with van der Waals surface area (Å²) >= 11 is 0.